The Labute approximate surface area is 248 Å². The SMILES string of the molecule is O=C(NC1CCCCC1)C(=O)C1CCCN1C(=O)[C@H](Cc1ccccc1)NC(=O)c1ccc(CN2CCOCC2)cc1. The number of rotatable bonds is 10. The Morgan fingerprint density at radius 3 is 2.24 bits per heavy atom. The molecule has 1 aliphatic carbocycles. The third kappa shape index (κ3) is 7.83. The first-order valence-electron chi connectivity index (χ1n) is 15.4. The van der Waals surface area contributed by atoms with Gasteiger partial charge in [0.2, 0.25) is 11.7 Å². The van der Waals surface area contributed by atoms with Crippen LogP contribution in [0.3, 0.4) is 0 Å². The van der Waals surface area contributed by atoms with Gasteiger partial charge >= 0.3 is 0 Å². The van der Waals surface area contributed by atoms with Crippen LogP contribution in [0.15, 0.2) is 54.6 Å². The molecule has 1 unspecified atom stereocenters. The fourth-order valence-corrected chi connectivity index (χ4v) is 6.23. The van der Waals surface area contributed by atoms with Gasteiger partial charge in [0.25, 0.3) is 11.8 Å². The van der Waals surface area contributed by atoms with Crippen LogP contribution in [-0.2, 0) is 32.1 Å². The summed E-state index contributed by atoms with van der Waals surface area (Å²) in [6.07, 6.45) is 6.37. The minimum Gasteiger partial charge on any atom is -0.379 e. The number of hydrogen-bond acceptors (Lipinski definition) is 6. The smallest absolute Gasteiger partial charge is 0.289 e. The van der Waals surface area contributed by atoms with Crippen molar-refractivity contribution in [2.75, 3.05) is 32.8 Å². The summed E-state index contributed by atoms with van der Waals surface area (Å²) in [6, 6.07) is 15.3. The molecular weight excluding hydrogens is 532 g/mol. The van der Waals surface area contributed by atoms with E-state index < -0.39 is 23.8 Å². The molecule has 2 aliphatic heterocycles. The molecule has 2 aromatic carbocycles. The quantitative estimate of drug-likeness (QED) is 0.423. The monoisotopic (exact) mass is 574 g/mol. The number of likely N-dealkylation sites (tertiary alicyclic amines) is 1. The van der Waals surface area contributed by atoms with Gasteiger partial charge in [-0.3, -0.25) is 24.1 Å². The van der Waals surface area contributed by atoms with Crippen LogP contribution in [0.5, 0.6) is 0 Å². The zero-order valence-corrected chi connectivity index (χ0v) is 24.3. The van der Waals surface area contributed by atoms with Crippen molar-refractivity contribution in [3.63, 3.8) is 0 Å². The molecule has 3 fully saturated rings. The van der Waals surface area contributed by atoms with Crippen LogP contribution in [-0.4, -0.2) is 84.3 Å². The fraction of sp³-hybridized carbons (Fsp3) is 0.515. The van der Waals surface area contributed by atoms with Crippen LogP contribution in [0.1, 0.15) is 66.4 Å². The predicted octanol–water partition coefficient (Wildman–Crippen LogP) is 2.87. The second kappa shape index (κ2) is 14.6. The first-order valence-corrected chi connectivity index (χ1v) is 15.4. The highest BCUT2D eigenvalue weighted by Gasteiger charge is 2.40. The molecule has 9 nitrogen and oxygen atoms in total. The molecule has 3 aliphatic rings. The highest BCUT2D eigenvalue weighted by molar-refractivity contribution is 6.38. The molecule has 42 heavy (non-hydrogen) atoms. The van der Waals surface area contributed by atoms with Gasteiger partial charge in [-0.15, -0.1) is 0 Å². The van der Waals surface area contributed by atoms with Crippen LogP contribution in [0.25, 0.3) is 0 Å². The lowest BCUT2D eigenvalue weighted by atomic mass is 9.95. The van der Waals surface area contributed by atoms with Gasteiger partial charge in [0.1, 0.15) is 12.1 Å². The summed E-state index contributed by atoms with van der Waals surface area (Å²) in [5.41, 5.74) is 2.47. The first kappa shape index (κ1) is 29.9. The average molecular weight is 575 g/mol. The number of benzene rings is 2. The van der Waals surface area contributed by atoms with Crippen LogP contribution >= 0.6 is 0 Å². The molecule has 2 N–H and O–H groups in total. The van der Waals surface area contributed by atoms with E-state index in [1.54, 1.807) is 12.1 Å². The minimum absolute atomic E-state index is 0.0196. The number of nitrogens with one attached hydrogen (secondary N) is 2. The summed E-state index contributed by atoms with van der Waals surface area (Å²) in [7, 11) is 0. The van der Waals surface area contributed by atoms with Gasteiger partial charge in [-0.25, -0.2) is 0 Å². The van der Waals surface area contributed by atoms with Crippen LogP contribution in [0.2, 0.25) is 0 Å². The van der Waals surface area contributed by atoms with Gasteiger partial charge in [-0.05, 0) is 48.9 Å². The summed E-state index contributed by atoms with van der Waals surface area (Å²) < 4.78 is 5.42. The van der Waals surface area contributed by atoms with Gasteiger partial charge in [0.05, 0.1) is 13.2 Å². The Bertz CT molecular complexity index is 1220. The highest BCUT2D eigenvalue weighted by atomic mass is 16.5. The highest BCUT2D eigenvalue weighted by Crippen LogP contribution is 2.22. The molecule has 0 radical (unpaired) electrons. The normalized spacial score (nSPS) is 20.6. The summed E-state index contributed by atoms with van der Waals surface area (Å²) in [5, 5.41) is 5.85. The topological polar surface area (TPSA) is 108 Å². The van der Waals surface area contributed by atoms with Crippen molar-refractivity contribution in [3.05, 3.63) is 71.3 Å². The van der Waals surface area contributed by atoms with E-state index in [1.165, 1.54) is 4.90 Å². The van der Waals surface area contributed by atoms with Gasteiger partial charge in [-0.1, -0.05) is 61.7 Å². The molecule has 9 heteroatoms. The van der Waals surface area contributed by atoms with Crippen molar-refractivity contribution >= 4 is 23.5 Å². The van der Waals surface area contributed by atoms with Crippen LogP contribution in [0.4, 0.5) is 0 Å². The second-order valence-electron chi connectivity index (χ2n) is 11.7. The van der Waals surface area contributed by atoms with E-state index in [9.17, 15) is 19.2 Å². The third-order valence-electron chi connectivity index (χ3n) is 8.61. The van der Waals surface area contributed by atoms with E-state index in [0.29, 0.717) is 24.9 Å². The zero-order valence-electron chi connectivity index (χ0n) is 24.3. The molecule has 0 bridgehead atoms. The number of morpholine rings is 1. The van der Waals surface area contributed by atoms with Crippen LogP contribution in [0, 0.1) is 0 Å². The van der Waals surface area contributed by atoms with E-state index in [-0.39, 0.29) is 24.3 Å². The fourth-order valence-electron chi connectivity index (χ4n) is 6.23. The van der Waals surface area contributed by atoms with Gasteiger partial charge in [0.15, 0.2) is 0 Å². The van der Waals surface area contributed by atoms with Crippen molar-refractivity contribution in [1.29, 1.82) is 0 Å². The number of nitrogens with zero attached hydrogens (tertiary/aromatic N) is 2. The summed E-state index contributed by atoms with van der Waals surface area (Å²) in [6.45, 7) is 4.39. The van der Waals surface area contributed by atoms with Gasteiger partial charge in [0, 0.05) is 44.2 Å². The number of ether oxygens (including phenoxy) is 1. The molecule has 2 saturated heterocycles. The lowest BCUT2D eigenvalue weighted by molar-refractivity contribution is -0.145. The molecule has 2 aromatic rings. The average Bonchev–Trinajstić information content (AvgIpc) is 3.52. The van der Waals surface area contributed by atoms with Crippen molar-refractivity contribution in [1.82, 2.24) is 20.4 Å². The molecule has 3 amide bonds. The zero-order chi connectivity index (χ0) is 29.3. The molecule has 2 heterocycles. The largest absolute Gasteiger partial charge is 0.379 e. The van der Waals surface area contributed by atoms with E-state index in [2.05, 4.69) is 15.5 Å². The Morgan fingerprint density at radius 2 is 1.52 bits per heavy atom. The van der Waals surface area contributed by atoms with E-state index in [0.717, 1.165) is 76.1 Å². The number of ketones is 1. The Hall–Kier alpha value is -3.56. The van der Waals surface area contributed by atoms with E-state index >= 15 is 0 Å². The third-order valence-corrected chi connectivity index (χ3v) is 8.61. The molecular formula is C33H42N4O5. The van der Waals surface area contributed by atoms with Crippen molar-refractivity contribution in [2.24, 2.45) is 0 Å². The van der Waals surface area contributed by atoms with Crippen molar-refractivity contribution < 1.29 is 23.9 Å². The Kier molecular flexibility index (Phi) is 10.4. The molecule has 2 atom stereocenters. The van der Waals surface area contributed by atoms with Gasteiger partial charge in [-0.2, -0.15) is 0 Å². The van der Waals surface area contributed by atoms with E-state index in [1.807, 2.05) is 42.5 Å². The maximum atomic E-state index is 13.9. The Morgan fingerprint density at radius 1 is 0.810 bits per heavy atom. The predicted molar refractivity (Wildman–Crippen MR) is 159 cm³/mol. The lowest BCUT2D eigenvalue weighted by Gasteiger charge is -2.29. The van der Waals surface area contributed by atoms with Crippen molar-refractivity contribution in [3.8, 4) is 0 Å². The maximum Gasteiger partial charge on any atom is 0.289 e. The summed E-state index contributed by atoms with van der Waals surface area (Å²) >= 11 is 0. The number of Topliss-reactive ketones (excluding diaryl/α,β-unsaturated/α-hetero) is 1. The lowest BCUT2D eigenvalue weighted by Crippen LogP contribution is -2.55. The standard InChI is InChI=1S/C33H42N4O5/c38-30(32(40)34-27-10-5-2-6-11-27)29-12-7-17-37(29)33(41)28(22-24-8-3-1-4-9-24)35-31(39)26-15-13-25(14-16-26)23-36-18-20-42-21-19-36/h1,3-4,8-9,13-16,27-29H,2,5-7,10-12,17-23H2,(H,34,40)(H,35,39)/t28-,29?/m0/s1. The second-order valence-corrected chi connectivity index (χ2v) is 11.7. The molecule has 224 valence electrons. The molecule has 0 aromatic heterocycles. The van der Waals surface area contributed by atoms with Crippen molar-refractivity contribution in [2.45, 2.75) is 76.0 Å². The number of hydrogen-bond donors (Lipinski definition) is 2. The maximum absolute atomic E-state index is 13.9. The molecule has 0 spiro atoms. The number of amides is 3. The molecule has 1 saturated carbocycles. The van der Waals surface area contributed by atoms with E-state index in [4.69, 9.17) is 4.74 Å². The number of carbonyl (C=O) groups is 4. The summed E-state index contributed by atoms with van der Waals surface area (Å²) in [5.74, 6) is -1.85. The minimum atomic E-state index is -0.872. The molecule has 5 rings (SSSR count). The summed E-state index contributed by atoms with van der Waals surface area (Å²) in [4.78, 5) is 57.2. The number of carbonyl (C=O) groups excluding carboxylic acids is 4. The van der Waals surface area contributed by atoms with Gasteiger partial charge < -0.3 is 20.3 Å². The van der Waals surface area contributed by atoms with Crippen LogP contribution < -0.4 is 10.6 Å². The first-order chi connectivity index (χ1) is 20.5. The Balaban J connectivity index is 1.26.